The van der Waals surface area contributed by atoms with Crippen molar-refractivity contribution in [2.75, 3.05) is 0 Å². The maximum atomic E-state index is 14.1. The summed E-state index contributed by atoms with van der Waals surface area (Å²) < 4.78 is 5.41. The molecule has 8 heteroatoms. The Morgan fingerprint density at radius 3 is 2.22 bits per heavy atom. The summed E-state index contributed by atoms with van der Waals surface area (Å²) in [7, 11) is 0. The number of nitrogens with one attached hydrogen (secondary N) is 2. The molecule has 1 saturated carbocycles. The summed E-state index contributed by atoms with van der Waals surface area (Å²) in [5, 5.41) is 16.6. The van der Waals surface area contributed by atoms with Gasteiger partial charge in [0, 0.05) is 17.6 Å². The number of aromatic hydroxyl groups is 1. The third kappa shape index (κ3) is 8.14. The molecule has 0 heterocycles. The lowest BCUT2D eigenvalue weighted by atomic mass is 9.93. The SMILES string of the molecule is CCC(C)N(C(=O)C(NC(=O)OC(C)(C)C)C(C)C)C(C(=O)NC1CCCCC1)c1ccccc1O. The normalized spacial score (nSPS) is 17.1. The lowest BCUT2D eigenvalue weighted by Gasteiger charge is -2.40. The first-order chi connectivity index (χ1) is 16.9. The van der Waals surface area contributed by atoms with Crippen LogP contribution in [0.15, 0.2) is 24.3 Å². The molecule has 1 aliphatic carbocycles. The van der Waals surface area contributed by atoms with Crippen molar-refractivity contribution in [3.8, 4) is 5.75 Å². The van der Waals surface area contributed by atoms with E-state index in [4.69, 9.17) is 4.74 Å². The Kier molecular flexibility index (Phi) is 10.6. The van der Waals surface area contributed by atoms with Crippen molar-refractivity contribution in [2.45, 2.75) is 117 Å². The minimum absolute atomic E-state index is 0.0364. The van der Waals surface area contributed by atoms with Crippen LogP contribution in [0.4, 0.5) is 4.79 Å². The van der Waals surface area contributed by atoms with E-state index in [0.29, 0.717) is 12.0 Å². The Balaban J connectivity index is 2.48. The van der Waals surface area contributed by atoms with E-state index in [2.05, 4.69) is 10.6 Å². The van der Waals surface area contributed by atoms with Gasteiger partial charge in [0.1, 0.15) is 23.4 Å². The van der Waals surface area contributed by atoms with E-state index < -0.39 is 29.7 Å². The fourth-order valence-corrected chi connectivity index (χ4v) is 4.57. The van der Waals surface area contributed by atoms with Gasteiger partial charge in [0.2, 0.25) is 11.8 Å². The maximum Gasteiger partial charge on any atom is 0.408 e. The number of hydrogen-bond donors (Lipinski definition) is 3. The van der Waals surface area contributed by atoms with E-state index in [1.165, 1.54) is 11.0 Å². The number of carbonyl (C=O) groups is 3. The zero-order valence-electron chi connectivity index (χ0n) is 23.0. The minimum Gasteiger partial charge on any atom is -0.508 e. The summed E-state index contributed by atoms with van der Waals surface area (Å²) >= 11 is 0. The third-order valence-electron chi connectivity index (χ3n) is 6.63. The molecule has 0 spiro atoms. The van der Waals surface area contributed by atoms with Crippen molar-refractivity contribution in [2.24, 2.45) is 5.92 Å². The van der Waals surface area contributed by atoms with Crippen molar-refractivity contribution in [1.29, 1.82) is 0 Å². The number of carbonyl (C=O) groups excluding carboxylic acids is 3. The van der Waals surface area contributed by atoms with Crippen LogP contribution in [0, 0.1) is 5.92 Å². The summed E-state index contributed by atoms with van der Waals surface area (Å²) in [6, 6.07) is 4.37. The van der Waals surface area contributed by atoms with E-state index in [-0.39, 0.29) is 29.7 Å². The highest BCUT2D eigenvalue weighted by Gasteiger charge is 2.41. The molecule has 202 valence electrons. The van der Waals surface area contributed by atoms with Crippen LogP contribution in [0.1, 0.15) is 98.6 Å². The van der Waals surface area contributed by atoms with Gasteiger partial charge in [-0.05, 0) is 58.9 Å². The van der Waals surface area contributed by atoms with Gasteiger partial charge in [0.15, 0.2) is 0 Å². The van der Waals surface area contributed by atoms with Crippen molar-refractivity contribution in [3.05, 3.63) is 29.8 Å². The molecule has 1 aromatic rings. The highest BCUT2D eigenvalue weighted by atomic mass is 16.6. The van der Waals surface area contributed by atoms with Crippen LogP contribution >= 0.6 is 0 Å². The second kappa shape index (κ2) is 13.0. The van der Waals surface area contributed by atoms with Crippen LogP contribution in [-0.2, 0) is 14.3 Å². The van der Waals surface area contributed by atoms with Gasteiger partial charge < -0.3 is 25.4 Å². The van der Waals surface area contributed by atoms with Crippen molar-refractivity contribution in [1.82, 2.24) is 15.5 Å². The standard InChI is InChI=1S/C28H45N3O5/c1-8-19(4)31(26(34)23(18(2)3)30-27(35)36-28(5,6)7)24(21-16-12-13-17-22(21)32)25(33)29-20-14-10-9-11-15-20/h12-13,16-20,23-24,32H,8-11,14-15H2,1-7H3,(H,29,33)(H,30,35). The quantitative estimate of drug-likeness (QED) is 0.437. The zero-order chi connectivity index (χ0) is 27.0. The first kappa shape index (κ1) is 29.5. The van der Waals surface area contributed by atoms with Crippen LogP contribution in [0.2, 0.25) is 0 Å². The van der Waals surface area contributed by atoms with Gasteiger partial charge in [-0.15, -0.1) is 0 Å². The van der Waals surface area contributed by atoms with Gasteiger partial charge in [0.05, 0.1) is 0 Å². The number of amides is 3. The maximum absolute atomic E-state index is 14.1. The smallest absolute Gasteiger partial charge is 0.408 e. The van der Waals surface area contributed by atoms with Crippen LogP contribution in [-0.4, -0.2) is 51.6 Å². The topological polar surface area (TPSA) is 108 Å². The fourth-order valence-electron chi connectivity index (χ4n) is 4.57. The molecule has 0 radical (unpaired) electrons. The number of hydrogen-bond acceptors (Lipinski definition) is 5. The molecule has 1 aromatic carbocycles. The van der Waals surface area contributed by atoms with Crippen molar-refractivity contribution >= 4 is 17.9 Å². The summed E-state index contributed by atoms with van der Waals surface area (Å²) in [4.78, 5) is 42.0. The second-order valence-corrected chi connectivity index (χ2v) is 11.2. The Labute approximate surface area is 216 Å². The Morgan fingerprint density at radius 1 is 1.08 bits per heavy atom. The average Bonchev–Trinajstić information content (AvgIpc) is 2.80. The van der Waals surface area contributed by atoms with Crippen LogP contribution < -0.4 is 10.6 Å². The molecule has 1 fully saturated rings. The minimum atomic E-state index is -1.04. The zero-order valence-corrected chi connectivity index (χ0v) is 23.0. The fraction of sp³-hybridized carbons (Fsp3) is 0.679. The predicted molar refractivity (Wildman–Crippen MR) is 140 cm³/mol. The third-order valence-corrected chi connectivity index (χ3v) is 6.63. The molecule has 0 saturated heterocycles. The van der Waals surface area contributed by atoms with Gasteiger partial charge in [-0.25, -0.2) is 4.79 Å². The van der Waals surface area contributed by atoms with Gasteiger partial charge in [0.25, 0.3) is 0 Å². The van der Waals surface area contributed by atoms with Gasteiger partial charge in [-0.1, -0.05) is 58.2 Å². The number of alkyl carbamates (subject to hydrolysis) is 1. The molecule has 2 rings (SSSR count). The Morgan fingerprint density at radius 2 is 1.69 bits per heavy atom. The molecular weight excluding hydrogens is 458 g/mol. The number of nitrogens with zero attached hydrogens (tertiary/aromatic N) is 1. The number of phenolic OH excluding ortho intramolecular Hbond substituents is 1. The molecule has 0 aromatic heterocycles. The van der Waals surface area contributed by atoms with Gasteiger partial charge >= 0.3 is 6.09 Å². The molecule has 1 aliphatic rings. The molecule has 3 N–H and O–H groups in total. The van der Waals surface area contributed by atoms with Crippen molar-refractivity contribution < 1.29 is 24.2 Å². The number of para-hydroxylation sites is 1. The van der Waals surface area contributed by atoms with E-state index in [0.717, 1.165) is 32.1 Å². The van der Waals surface area contributed by atoms with Gasteiger partial charge in [-0.3, -0.25) is 9.59 Å². The van der Waals surface area contributed by atoms with Crippen LogP contribution in [0.5, 0.6) is 5.75 Å². The lowest BCUT2D eigenvalue weighted by molar-refractivity contribution is -0.146. The predicted octanol–water partition coefficient (Wildman–Crippen LogP) is 5.06. The average molecular weight is 504 g/mol. The Hall–Kier alpha value is -2.77. The molecule has 36 heavy (non-hydrogen) atoms. The number of benzene rings is 1. The second-order valence-electron chi connectivity index (χ2n) is 11.2. The summed E-state index contributed by atoms with van der Waals surface area (Å²) in [5.74, 6) is -1.03. The molecule has 0 bridgehead atoms. The van der Waals surface area contributed by atoms with Crippen LogP contribution in [0.25, 0.3) is 0 Å². The van der Waals surface area contributed by atoms with E-state index >= 15 is 0 Å². The number of ether oxygens (including phenoxy) is 1. The van der Waals surface area contributed by atoms with Crippen molar-refractivity contribution in [3.63, 3.8) is 0 Å². The van der Waals surface area contributed by atoms with E-state index in [1.807, 2.05) is 27.7 Å². The molecule has 8 nitrogen and oxygen atoms in total. The molecule has 0 aliphatic heterocycles. The van der Waals surface area contributed by atoms with E-state index in [9.17, 15) is 19.5 Å². The molecule has 3 atom stereocenters. The largest absolute Gasteiger partial charge is 0.508 e. The lowest BCUT2D eigenvalue weighted by Crippen LogP contribution is -2.57. The van der Waals surface area contributed by atoms with Crippen LogP contribution in [0.3, 0.4) is 0 Å². The van der Waals surface area contributed by atoms with E-state index in [1.54, 1.807) is 39.0 Å². The highest BCUT2D eigenvalue weighted by molar-refractivity contribution is 5.93. The summed E-state index contributed by atoms with van der Waals surface area (Å²) in [6.07, 6.45) is 4.94. The number of phenols is 1. The first-order valence-electron chi connectivity index (χ1n) is 13.3. The molecule has 3 amide bonds. The Bertz CT molecular complexity index is 889. The monoisotopic (exact) mass is 503 g/mol. The highest BCUT2D eigenvalue weighted by Crippen LogP contribution is 2.33. The summed E-state index contributed by atoms with van der Waals surface area (Å²) in [6.45, 7) is 12.8. The first-order valence-corrected chi connectivity index (χ1v) is 13.3. The molecular formula is C28H45N3O5. The number of rotatable bonds is 9. The summed E-state index contributed by atoms with van der Waals surface area (Å²) in [5.41, 5.74) is -0.359. The van der Waals surface area contributed by atoms with Gasteiger partial charge in [-0.2, -0.15) is 0 Å². The molecule has 3 unspecified atom stereocenters.